The summed E-state index contributed by atoms with van der Waals surface area (Å²) < 4.78 is 0. The van der Waals surface area contributed by atoms with Gasteiger partial charge in [-0.25, -0.2) is 4.79 Å². The van der Waals surface area contributed by atoms with Gasteiger partial charge in [-0.2, -0.15) is 0 Å². The van der Waals surface area contributed by atoms with Crippen molar-refractivity contribution in [3.05, 3.63) is 64.2 Å². The van der Waals surface area contributed by atoms with Crippen molar-refractivity contribution in [2.24, 2.45) is 0 Å². The Kier molecular flexibility index (Phi) is 3.53. The van der Waals surface area contributed by atoms with Gasteiger partial charge < -0.3 is 10.2 Å². The number of benzene rings is 2. The van der Waals surface area contributed by atoms with Crippen LogP contribution >= 0.6 is 11.6 Å². The van der Waals surface area contributed by atoms with Crippen molar-refractivity contribution in [1.82, 2.24) is 0 Å². The molecule has 0 saturated carbocycles. The lowest BCUT2D eigenvalue weighted by Gasteiger charge is -2.06. The molecule has 0 unspecified atom stereocenters. The second-order valence-corrected chi connectivity index (χ2v) is 4.28. The van der Waals surface area contributed by atoms with Gasteiger partial charge in [0.2, 0.25) is 0 Å². The number of hydrogen-bond donors (Lipinski definition) is 2. The number of rotatable bonds is 3. The molecule has 4 nitrogen and oxygen atoms in total. The maximum atomic E-state index is 12.2. The number of carbonyl (C=O) groups excluding carboxylic acids is 1. The van der Waals surface area contributed by atoms with Crippen molar-refractivity contribution in [2.45, 2.75) is 0 Å². The molecular formula is C14H9ClO4. The van der Waals surface area contributed by atoms with Gasteiger partial charge in [0, 0.05) is 10.6 Å². The van der Waals surface area contributed by atoms with E-state index in [0.717, 1.165) is 0 Å². The van der Waals surface area contributed by atoms with E-state index in [4.69, 9.17) is 16.7 Å². The molecule has 0 radical (unpaired) electrons. The minimum atomic E-state index is -1.29. The van der Waals surface area contributed by atoms with Crippen LogP contribution in [0.15, 0.2) is 42.5 Å². The maximum absolute atomic E-state index is 12.2. The molecular weight excluding hydrogens is 268 g/mol. The summed E-state index contributed by atoms with van der Waals surface area (Å²) in [6.45, 7) is 0. The van der Waals surface area contributed by atoms with E-state index in [1.807, 2.05) is 0 Å². The number of carboxylic acid groups (broad SMARTS) is 1. The van der Waals surface area contributed by atoms with E-state index in [-0.39, 0.29) is 11.1 Å². The van der Waals surface area contributed by atoms with Gasteiger partial charge in [-0.1, -0.05) is 17.7 Å². The molecule has 0 fully saturated rings. The number of ketones is 1. The lowest BCUT2D eigenvalue weighted by Crippen LogP contribution is -2.05. The third kappa shape index (κ3) is 2.58. The molecule has 5 heteroatoms. The highest BCUT2D eigenvalue weighted by atomic mass is 35.5. The Bertz CT molecular complexity index is 647. The number of halogens is 1. The number of carboxylic acids is 1. The van der Waals surface area contributed by atoms with Crippen molar-refractivity contribution >= 4 is 23.4 Å². The Morgan fingerprint density at radius 3 is 2.11 bits per heavy atom. The van der Waals surface area contributed by atoms with Crippen LogP contribution in [0, 0.1) is 0 Å². The van der Waals surface area contributed by atoms with Crippen molar-refractivity contribution in [2.75, 3.05) is 0 Å². The summed E-state index contributed by atoms with van der Waals surface area (Å²) in [5.41, 5.74) is -0.0377. The average molecular weight is 277 g/mol. The van der Waals surface area contributed by atoms with Crippen LogP contribution in [0.5, 0.6) is 5.75 Å². The molecule has 2 aromatic rings. The Balaban J connectivity index is 2.47. The summed E-state index contributed by atoms with van der Waals surface area (Å²) in [7, 11) is 0. The van der Waals surface area contributed by atoms with Crippen molar-refractivity contribution in [3.8, 4) is 5.75 Å². The summed E-state index contributed by atoms with van der Waals surface area (Å²) in [6.07, 6.45) is 0. The molecule has 96 valence electrons. The van der Waals surface area contributed by atoms with Crippen LogP contribution in [0.25, 0.3) is 0 Å². The van der Waals surface area contributed by atoms with E-state index in [1.165, 1.54) is 30.3 Å². The molecule has 0 aromatic heterocycles. The van der Waals surface area contributed by atoms with Gasteiger partial charge in [0.05, 0.1) is 5.56 Å². The van der Waals surface area contributed by atoms with Gasteiger partial charge in [-0.15, -0.1) is 0 Å². The van der Waals surface area contributed by atoms with Gasteiger partial charge in [0.25, 0.3) is 0 Å². The molecule has 0 bridgehead atoms. The topological polar surface area (TPSA) is 74.6 Å². The predicted molar refractivity (Wildman–Crippen MR) is 70.0 cm³/mol. The van der Waals surface area contributed by atoms with Crippen molar-refractivity contribution in [3.63, 3.8) is 0 Å². The molecule has 0 spiro atoms. The molecule has 0 aliphatic rings. The Morgan fingerprint density at radius 1 is 0.947 bits per heavy atom. The van der Waals surface area contributed by atoms with Crippen LogP contribution in [-0.4, -0.2) is 22.0 Å². The molecule has 2 N–H and O–H groups in total. The van der Waals surface area contributed by atoms with E-state index in [9.17, 15) is 14.7 Å². The Hall–Kier alpha value is -2.33. The number of aromatic carboxylic acids is 1. The zero-order valence-corrected chi connectivity index (χ0v) is 10.4. The highest BCUT2D eigenvalue weighted by Crippen LogP contribution is 2.25. The van der Waals surface area contributed by atoms with Crippen LogP contribution in [0.1, 0.15) is 26.3 Å². The molecule has 0 saturated heterocycles. The molecule has 0 amide bonds. The molecule has 2 aromatic carbocycles. The summed E-state index contributed by atoms with van der Waals surface area (Å²) >= 11 is 5.72. The fraction of sp³-hybridized carbons (Fsp3) is 0. The standard InChI is InChI=1S/C14H9ClO4/c15-9-6-4-8(5-7-9)12(16)10-2-1-3-11(13(10)17)14(18)19/h1-7,17H,(H,18,19). The van der Waals surface area contributed by atoms with E-state index in [2.05, 4.69) is 0 Å². The summed E-state index contributed by atoms with van der Waals surface area (Å²) in [6, 6.07) is 10.1. The van der Waals surface area contributed by atoms with Crippen LogP contribution in [0.3, 0.4) is 0 Å². The number of aromatic hydroxyl groups is 1. The van der Waals surface area contributed by atoms with Crippen LogP contribution in [0.2, 0.25) is 5.02 Å². The van der Waals surface area contributed by atoms with E-state index < -0.39 is 17.5 Å². The first-order valence-corrected chi connectivity index (χ1v) is 5.74. The second-order valence-electron chi connectivity index (χ2n) is 3.84. The molecule has 2 rings (SSSR count). The first-order valence-electron chi connectivity index (χ1n) is 5.36. The highest BCUT2D eigenvalue weighted by Gasteiger charge is 2.18. The normalized spacial score (nSPS) is 10.2. The van der Waals surface area contributed by atoms with Crippen molar-refractivity contribution < 1.29 is 19.8 Å². The fourth-order valence-corrected chi connectivity index (χ4v) is 1.78. The lowest BCUT2D eigenvalue weighted by molar-refractivity contribution is 0.0693. The van der Waals surface area contributed by atoms with Gasteiger partial charge in [-0.05, 0) is 36.4 Å². The minimum Gasteiger partial charge on any atom is -0.506 e. The smallest absolute Gasteiger partial charge is 0.339 e. The zero-order valence-electron chi connectivity index (χ0n) is 9.63. The summed E-state index contributed by atoms with van der Waals surface area (Å²) in [4.78, 5) is 23.0. The number of phenols is 1. The van der Waals surface area contributed by atoms with Crippen LogP contribution in [0.4, 0.5) is 0 Å². The highest BCUT2D eigenvalue weighted by molar-refractivity contribution is 6.30. The maximum Gasteiger partial charge on any atom is 0.339 e. The third-order valence-electron chi connectivity index (χ3n) is 2.62. The molecule has 0 aliphatic carbocycles. The van der Waals surface area contributed by atoms with Gasteiger partial charge in [-0.3, -0.25) is 4.79 Å². The summed E-state index contributed by atoms with van der Waals surface area (Å²) in [5, 5.41) is 19.2. The lowest BCUT2D eigenvalue weighted by atomic mass is 10.00. The van der Waals surface area contributed by atoms with Gasteiger partial charge in [0.1, 0.15) is 11.3 Å². The Labute approximate surface area is 113 Å². The molecule has 0 aliphatic heterocycles. The fourth-order valence-electron chi connectivity index (χ4n) is 1.66. The second kappa shape index (κ2) is 5.12. The SMILES string of the molecule is O=C(O)c1cccc(C(=O)c2ccc(Cl)cc2)c1O. The van der Waals surface area contributed by atoms with Crippen molar-refractivity contribution in [1.29, 1.82) is 0 Å². The zero-order chi connectivity index (χ0) is 14.0. The van der Waals surface area contributed by atoms with E-state index >= 15 is 0 Å². The number of para-hydroxylation sites is 1. The first kappa shape index (κ1) is 13.1. The molecule has 0 atom stereocenters. The van der Waals surface area contributed by atoms with Crippen LogP contribution < -0.4 is 0 Å². The number of carbonyl (C=O) groups is 2. The monoisotopic (exact) mass is 276 g/mol. The Morgan fingerprint density at radius 2 is 1.53 bits per heavy atom. The van der Waals surface area contributed by atoms with Crippen LogP contribution in [-0.2, 0) is 0 Å². The largest absolute Gasteiger partial charge is 0.506 e. The van der Waals surface area contributed by atoms with Gasteiger partial charge in [0.15, 0.2) is 5.78 Å². The molecule has 0 heterocycles. The minimum absolute atomic E-state index is 0.0535. The van der Waals surface area contributed by atoms with Gasteiger partial charge >= 0.3 is 5.97 Å². The third-order valence-corrected chi connectivity index (χ3v) is 2.87. The average Bonchev–Trinajstić information content (AvgIpc) is 2.38. The van der Waals surface area contributed by atoms with E-state index in [1.54, 1.807) is 12.1 Å². The quantitative estimate of drug-likeness (QED) is 0.845. The van der Waals surface area contributed by atoms with E-state index in [0.29, 0.717) is 10.6 Å². The number of hydrogen-bond acceptors (Lipinski definition) is 3. The molecule has 19 heavy (non-hydrogen) atoms. The first-order chi connectivity index (χ1) is 9.00. The summed E-state index contributed by atoms with van der Waals surface area (Å²) in [5.74, 6) is -2.28. The predicted octanol–water partition coefficient (Wildman–Crippen LogP) is 2.97.